The van der Waals surface area contributed by atoms with E-state index in [2.05, 4.69) is 20.7 Å². The van der Waals surface area contributed by atoms with E-state index >= 15 is 0 Å². The molecule has 0 spiro atoms. The lowest BCUT2D eigenvalue weighted by molar-refractivity contribution is 0.245. The summed E-state index contributed by atoms with van der Waals surface area (Å²) in [5, 5.41) is 8.99. The van der Waals surface area contributed by atoms with Crippen molar-refractivity contribution >= 4 is 26.0 Å². The van der Waals surface area contributed by atoms with Gasteiger partial charge in [0.25, 0.3) is 0 Å². The quantitative estimate of drug-likeness (QED) is 0.814. The smallest absolute Gasteiger partial charge is 0.245 e. The lowest BCUT2D eigenvalue weighted by Crippen LogP contribution is -2.34. The second kappa shape index (κ2) is 6.74. The molecule has 21 heavy (non-hydrogen) atoms. The van der Waals surface area contributed by atoms with Crippen LogP contribution in [0.5, 0.6) is 0 Å². The average Bonchev–Trinajstić information content (AvgIpc) is 2.81. The van der Waals surface area contributed by atoms with Gasteiger partial charge in [0.05, 0.1) is 0 Å². The summed E-state index contributed by atoms with van der Waals surface area (Å²) >= 11 is 3.05. The Labute approximate surface area is 132 Å². The number of benzene rings is 1. The third-order valence-electron chi connectivity index (χ3n) is 2.89. The topological polar surface area (TPSA) is 79.5 Å². The van der Waals surface area contributed by atoms with Gasteiger partial charge < -0.3 is 9.52 Å². The molecule has 0 aliphatic heterocycles. The first-order valence-corrected chi connectivity index (χ1v) is 8.65. The molecule has 114 valence electrons. The fourth-order valence-corrected chi connectivity index (χ4v) is 4.24. The van der Waals surface area contributed by atoms with Crippen LogP contribution < -0.4 is 4.72 Å². The van der Waals surface area contributed by atoms with Gasteiger partial charge in [-0.05, 0) is 34.8 Å². The Hall–Kier alpha value is -1.15. The van der Waals surface area contributed by atoms with Crippen molar-refractivity contribution in [3.63, 3.8) is 0 Å². The molecule has 2 rings (SSSR count). The number of halogens is 1. The van der Waals surface area contributed by atoms with Gasteiger partial charge in [0.1, 0.15) is 17.3 Å². The Kier molecular flexibility index (Phi) is 5.21. The summed E-state index contributed by atoms with van der Waals surface area (Å²) in [5.41, 5.74) is 1.05. The molecule has 0 bridgehead atoms. The van der Waals surface area contributed by atoms with Gasteiger partial charge >= 0.3 is 0 Å². The minimum atomic E-state index is -3.70. The van der Waals surface area contributed by atoms with Crippen LogP contribution in [-0.2, 0) is 23.1 Å². The lowest BCUT2D eigenvalue weighted by atomic mass is 10.1. The molecular formula is C14H16BrNO4S. The third-order valence-corrected chi connectivity index (χ3v) is 5.34. The minimum absolute atomic E-state index is 0.00791. The van der Waals surface area contributed by atoms with Crippen LogP contribution in [0.25, 0.3) is 0 Å². The molecule has 0 saturated carbocycles. The Morgan fingerprint density at radius 1 is 1.33 bits per heavy atom. The second-order valence-electron chi connectivity index (χ2n) is 4.72. The second-order valence-corrected chi connectivity index (χ2v) is 7.12. The first-order chi connectivity index (χ1) is 9.92. The van der Waals surface area contributed by atoms with E-state index in [0.717, 1.165) is 5.56 Å². The zero-order chi connectivity index (χ0) is 15.5. The molecule has 0 saturated heterocycles. The molecule has 2 aromatic rings. The molecule has 1 unspecified atom stereocenters. The maximum absolute atomic E-state index is 12.3. The van der Waals surface area contributed by atoms with E-state index in [1.807, 2.05) is 30.3 Å². The van der Waals surface area contributed by atoms with Crippen LogP contribution in [0.15, 0.2) is 50.4 Å². The summed E-state index contributed by atoms with van der Waals surface area (Å²) in [6.07, 6.45) is 0.586. The summed E-state index contributed by atoms with van der Waals surface area (Å²) in [6.45, 7) is 1.44. The molecule has 0 amide bonds. The fraction of sp³-hybridized carbons (Fsp3) is 0.286. The molecule has 7 heteroatoms. The van der Waals surface area contributed by atoms with E-state index in [4.69, 9.17) is 9.52 Å². The number of nitrogens with one attached hydrogen (secondary N) is 1. The van der Waals surface area contributed by atoms with Crippen LogP contribution in [0.1, 0.15) is 18.2 Å². The van der Waals surface area contributed by atoms with Crippen molar-refractivity contribution in [2.75, 3.05) is 0 Å². The predicted molar refractivity (Wildman–Crippen MR) is 82.3 cm³/mol. The Morgan fingerprint density at radius 2 is 2.00 bits per heavy atom. The summed E-state index contributed by atoms with van der Waals surface area (Å²) in [5.74, 6) is 0.193. The molecule has 1 aromatic carbocycles. The lowest BCUT2D eigenvalue weighted by Gasteiger charge is -2.13. The maximum Gasteiger partial charge on any atom is 0.245 e. The van der Waals surface area contributed by atoms with Crippen LogP contribution in [0.4, 0.5) is 0 Å². The third kappa shape index (κ3) is 4.16. The maximum atomic E-state index is 12.3. The number of aliphatic hydroxyl groups is 1. The van der Waals surface area contributed by atoms with Crippen LogP contribution in [0.2, 0.25) is 0 Å². The van der Waals surface area contributed by atoms with Crippen molar-refractivity contribution in [3.8, 4) is 0 Å². The minimum Gasteiger partial charge on any atom is -0.450 e. The van der Waals surface area contributed by atoms with Crippen molar-refractivity contribution < 1.29 is 17.9 Å². The van der Waals surface area contributed by atoms with Gasteiger partial charge in [0, 0.05) is 12.1 Å². The summed E-state index contributed by atoms with van der Waals surface area (Å²) in [4.78, 5) is -0.00791. The number of furan rings is 1. The zero-order valence-corrected chi connectivity index (χ0v) is 13.8. The molecule has 2 N–H and O–H groups in total. The summed E-state index contributed by atoms with van der Waals surface area (Å²) in [7, 11) is -3.70. The predicted octanol–water partition coefficient (Wildman–Crippen LogP) is 2.44. The Bertz CT molecular complexity index is 697. The van der Waals surface area contributed by atoms with E-state index < -0.39 is 10.0 Å². The van der Waals surface area contributed by atoms with Crippen molar-refractivity contribution in [1.29, 1.82) is 0 Å². The first kappa shape index (κ1) is 16.2. The average molecular weight is 374 g/mol. The SMILES string of the molecule is CC(Cc1ccccc1)NS(=O)(=O)c1cc(CO)oc1Br. The Morgan fingerprint density at radius 3 is 2.57 bits per heavy atom. The van der Waals surface area contributed by atoms with E-state index in [-0.39, 0.29) is 28.0 Å². The largest absolute Gasteiger partial charge is 0.450 e. The van der Waals surface area contributed by atoms with Gasteiger partial charge in [-0.1, -0.05) is 30.3 Å². The van der Waals surface area contributed by atoms with Gasteiger partial charge in [-0.25, -0.2) is 13.1 Å². The molecule has 0 aliphatic carbocycles. The number of rotatable bonds is 6. The first-order valence-electron chi connectivity index (χ1n) is 6.37. The molecule has 0 aliphatic rings. The highest BCUT2D eigenvalue weighted by Gasteiger charge is 2.24. The molecule has 1 atom stereocenters. The molecule has 1 aromatic heterocycles. The number of hydrogen-bond donors (Lipinski definition) is 2. The normalized spacial score (nSPS) is 13.3. The van der Waals surface area contributed by atoms with Gasteiger partial charge in [0.15, 0.2) is 4.67 Å². The van der Waals surface area contributed by atoms with E-state index in [1.165, 1.54) is 6.07 Å². The van der Waals surface area contributed by atoms with Gasteiger partial charge in [0.2, 0.25) is 10.0 Å². The molecule has 1 heterocycles. The zero-order valence-electron chi connectivity index (χ0n) is 11.4. The highest BCUT2D eigenvalue weighted by Crippen LogP contribution is 2.26. The monoisotopic (exact) mass is 373 g/mol. The van der Waals surface area contributed by atoms with Crippen LogP contribution >= 0.6 is 15.9 Å². The standard InChI is InChI=1S/C14H16BrNO4S/c1-10(7-11-5-3-2-4-6-11)16-21(18,19)13-8-12(9-17)20-14(13)15/h2-6,8,10,16-17H,7,9H2,1H3. The van der Waals surface area contributed by atoms with Crippen molar-refractivity contribution in [1.82, 2.24) is 4.72 Å². The van der Waals surface area contributed by atoms with Crippen molar-refractivity contribution in [3.05, 3.63) is 52.4 Å². The molecule has 0 fully saturated rings. The molecule has 5 nitrogen and oxygen atoms in total. The van der Waals surface area contributed by atoms with Crippen LogP contribution in [0.3, 0.4) is 0 Å². The molecular weight excluding hydrogens is 358 g/mol. The van der Waals surface area contributed by atoms with E-state index in [1.54, 1.807) is 6.92 Å². The van der Waals surface area contributed by atoms with Crippen LogP contribution in [0, 0.1) is 0 Å². The number of sulfonamides is 1. The number of hydrogen-bond acceptors (Lipinski definition) is 4. The van der Waals surface area contributed by atoms with E-state index in [9.17, 15) is 8.42 Å². The van der Waals surface area contributed by atoms with Crippen molar-refractivity contribution in [2.24, 2.45) is 0 Å². The highest BCUT2D eigenvalue weighted by molar-refractivity contribution is 9.10. The highest BCUT2D eigenvalue weighted by atomic mass is 79.9. The van der Waals surface area contributed by atoms with Crippen molar-refractivity contribution in [2.45, 2.75) is 30.9 Å². The van der Waals surface area contributed by atoms with Gasteiger partial charge in [-0.15, -0.1) is 0 Å². The van der Waals surface area contributed by atoms with Crippen LogP contribution in [-0.4, -0.2) is 19.6 Å². The Balaban J connectivity index is 2.11. The fourth-order valence-electron chi connectivity index (χ4n) is 2.00. The summed E-state index contributed by atoms with van der Waals surface area (Å²) < 4.78 is 32.4. The molecule has 0 radical (unpaired) electrons. The van der Waals surface area contributed by atoms with Gasteiger partial charge in [-0.3, -0.25) is 0 Å². The van der Waals surface area contributed by atoms with Gasteiger partial charge in [-0.2, -0.15) is 0 Å². The summed E-state index contributed by atoms with van der Waals surface area (Å²) in [6, 6.07) is 10.7. The number of aliphatic hydroxyl groups excluding tert-OH is 1. The van der Waals surface area contributed by atoms with E-state index in [0.29, 0.717) is 6.42 Å².